The van der Waals surface area contributed by atoms with Crippen LogP contribution in [-0.2, 0) is 10.0 Å². The van der Waals surface area contributed by atoms with E-state index in [1.54, 1.807) is 0 Å². The first-order valence-electron chi connectivity index (χ1n) is 8.04. The van der Waals surface area contributed by atoms with Gasteiger partial charge in [0.25, 0.3) is 5.91 Å². The molecule has 7 heteroatoms. The number of sulfonamides is 1. The molecule has 0 spiro atoms. The van der Waals surface area contributed by atoms with Gasteiger partial charge in [-0.1, -0.05) is 13.0 Å². The second-order valence-corrected chi connectivity index (χ2v) is 7.95. The minimum Gasteiger partial charge on any atom is -0.349 e. The molecule has 1 fully saturated rings. The molecule has 2 rings (SSSR count). The predicted octanol–water partition coefficient (Wildman–Crippen LogP) is 2.60. The molecule has 1 saturated carbocycles. The molecule has 0 radical (unpaired) electrons. The third kappa shape index (κ3) is 4.64. The second-order valence-electron chi connectivity index (χ2n) is 6.22. The van der Waals surface area contributed by atoms with Crippen LogP contribution in [0.25, 0.3) is 0 Å². The van der Waals surface area contributed by atoms with E-state index in [1.807, 2.05) is 0 Å². The number of amides is 1. The Labute approximate surface area is 142 Å². The SMILES string of the molecule is C=CCNS(=O)(=O)c1cc(C(=O)NC2CCC(C)CC2)ccc1F. The summed E-state index contributed by atoms with van der Waals surface area (Å²) in [7, 11) is -4.03. The van der Waals surface area contributed by atoms with E-state index < -0.39 is 20.7 Å². The van der Waals surface area contributed by atoms with Crippen molar-refractivity contribution < 1.29 is 17.6 Å². The summed E-state index contributed by atoms with van der Waals surface area (Å²) in [6, 6.07) is 3.45. The van der Waals surface area contributed by atoms with Gasteiger partial charge in [-0.25, -0.2) is 17.5 Å². The molecule has 0 aliphatic heterocycles. The van der Waals surface area contributed by atoms with E-state index >= 15 is 0 Å². The number of halogens is 1. The number of carbonyl (C=O) groups is 1. The van der Waals surface area contributed by atoms with Gasteiger partial charge >= 0.3 is 0 Å². The van der Waals surface area contributed by atoms with Crippen LogP contribution in [0.15, 0.2) is 35.7 Å². The monoisotopic (exact) mass is 354 g/mol. The van der Waals surface area contributed by atoms with Crippen LogP contribution in [0.4, 0.5) is 4.39 Å². The van der Waals surface area contributed by atoms with Gasteiger partial charge in [0.2, 0.25) is 10.0 Å². The third-order valence-electron chi connectivity index (χ3n) is 4.25. The maximum atomic E-state index is 13.9. The second kappa shape index (κ2) is 7.90. The van der Waals surface area contributed by atoms with Crippen molar-refractivity contribution in [2.24, 2.45) is 5.92 Å². The summed E-state index contributed by atoms with van der Waals surface area (Å²) in [5, 5.41) is 2.90. The zero-order valence-corrected chi connectivity index (χ0v) is 14.5. The third-order valence-corrected chi connectivity index (χ3v) is 5.69. The molecule has 0 atom stereocenters. The molecular formula is C17H23FN2O3S. The number of carbonyl (C=O) groups excluding carboxylic acids is 1. The Morgan fingerprint density at radius 2 is 2.00 bits per heavy atom. The molecule has 0 heterocycles. The summed E-state index contributed by atoms with van der Waals surface area (Å²) in [6.07, 6.45) is 5.27. The lowest BCUT2D eigenvalue weighted by atomic mass is 9.87. The van der Waals surface area contributed by atoms with Gasteiger partial charge < -0.3 is 5.32 Å². The molecule has 132 valence electrons. The van der Waals surface area contributed by atoms with E-state index in [0.29, 0.717) is 5.92 Å². The Bertz CT molecular complexity index is 711. The fraction of sp³-hybridized carbons (Fsp3) is 0.471. The molecule has 0 unspecified atom stereocenters. The van der Waals surface area contributed by atoms with Gasteiger partial charge in [-0.2, -0.15) is 0 Å². The molecular weight excluding hydrogens is 331 g/mol. The van der Waals surface area contributed by atoms with E-state index in [2.05, 4.69) is 23.5 Å². The first-order chi connectivity index (χ1) is 11.3. The van der Waals surface area contributed by atoms with Crippen molar-refractivity contribution in [3.05, 3.63) is 42.2 Å². The highest BCUT2D eigenvalue weighted by Crippen LogP contribution is 2.24. The Hall–Kier alpha value is -1.73. The van der Waals surface area contributed by atoms with Gasteiger partial charge in [0.1, 0.15) is 10.7 Å². The maximum Gasteiger partial charge on any atom is 0.251 e. The van der Waals surface area contributed by atoms with Crippen LogP contribution in [0.2, 0.25) is 0 Å². The summed E-state index contributed by atoms with van der Waals surface area (Å²) in [5.41, 5.74) is 0.133. The lowest BCUT2D eigenvalue weighted by Gasteiger charge is -2.27. The molecule has 0 saturated heterocycles. The van der Waals surface area contributed by atoms with Crippen molar-refractivity contribution in [1.29, 1.82) is 0 Å². The van der Waals surface area contributed by atoms with Crippen LogP contribution in [0.5, 0.6) is 0 Å². The molecule has 2 N–H and O–H groups in total. The molecule has 1 aliphatic rings. The van der Waals surface area contributed by atoms with Crippen LogP contribution in [0.1, 0.15) is 43.0 Å². The Morgan fingerprint density at radius 3 is 2.62 bits per heavy atom. The van der Waals surface area contributed by atoms with Crippen molar-refractivity contribution in [2.75, 3.05) is 6.54 Å². The van der Waals surface area contributed by atoms with E-state index in [-0.39, 0.29) is 24.1 Å². The highest BCUT2D eigenvalue weighted by atomic mass is 32.2. The van der Waals surface area contributed by atoms with Crippen molar-refractivity contribution in [1.82, 2.24) is 10.0 Å². The van der Waals surface area contributed by atoms with Crippen LogP contribution in [0.3, 0.4) is 0 Å². The quantitative estimate of drug-likeness (QED) is 0.771. The van der Waals surface area contributed by atoms with Crippen LogP contribution in [-0.4, -0.2) is 26.9 Å². The zero-order valence-electron chi connectivity index (χ0n) is 13.7. The summed E-state index contributed by atoms with van der Waals surface area (Å²) in [5.74, 6) is -0.610. The number of nitrogens with one attached hydrogen (secondary N) is 2. The summed E-state index contributed by atoms with van der Waals surface area (Å²) in [6.45, 7) is 5.58. The fourth-order valence-electron chi connectivity index (χ4n) is 2.77. The Balaban J connectivity index is 2.15. The molecule has 1 aliphatic carbocycles. The lowest BCUT2D eigenvalue weighted by molar-refractivity contribution is 0.0922. The normalized spacial score (nSPS) is 21.2. The van der Waals surface area contributed by atoms with Gasteiger partial charge in [-0.05, 0) is 49.8 Å². The standard InChI is InChI=1S/C17H23FN2O3S/c1-3-10-19-24(22,23)16-11-13(6-9-15(16)18)17(21)20-14-7-4-12(2)5-8-14/h3,6,9,11-12,14,19H,1,4-5,7-8,10H2,2H3,(H,20,21). The Morgan fingerprint density at radius 1 is 1.33 bits per heavy atom. The highest BCUT2D eigenvalue weighted by molar-refractivity contribution is 7.89. The minimum absolute atomic E-state index is 0.0154. The predicted molar refractivity (Wildman–Crippen MR) is 90.7 cm³/mol. The summed E-state index contributed by atoms with van der Waals surface area (Å²) >= 11 is 0. The first-order valence-corrected chi connectivity index (χ1v) is 9.52. The number of hydrogen-bond donors (Lipinski definition) is 2. The maximum absolute atomic E-state index is 13.9. The van der Waals surface area contributed by atoms with Gasteiger partial charge in [-0.15, -0.1) is 6.58 Å². The largest absolute Gasteiger partial charge is 0.349 e. The van der Waals surface area contributed by atoms with Gasteiger partial charge in [-0.3, -0.25) is 4.79 Å². The first kappa shape index (κ1) is 18.6. The van der Waals surface area contributed by atoms with Crippen molar-refractivity contribution in [3.63, 3.8) is 0 Å². The molecule has 0 aromatic heterocycles. The van der Waals surface area contributed by atoms with E-state index in [0.717, 1.165) is 37.8 Å². The number of hydrogen-bond acceptors (Lipinski definition) is 3. The molecule has 24 heavy (non-hydrogen) atoms. The zero-order chi connectivity index (χ0) is 17.7. The molecule has 1 aromatic carbocycles. The van der Waals surface area contributed by atoms with Crippen LogP contribution < -0.4 is 10.0 Å². The van der Waals surface area contributed by atoms with Crippen LogP contribution in [0, 0.1) is 11.7 Å². The van der Waals surface area contributed by atoms with Gasteiger partial charge in [0.15, 0.2) is 0 Å². The summed E-state index contributed by atoms with van der Waals surface area (Å²) in [4.78, 5) is 11.8. The van der Waals surface area contributed by atoms with Crippen LogP contribution >= 0.6 is 0 Å². The molecule has 0 bridgehead atoms. The smallest absolute Gasteiger partial charge is 0.251 e. The van der Waals surface area contributed by atoms with E-state index in [1.165, 1.54) is 12.1 Å². The average Bonchev–Trinajstić information content (AvgIpc) is 2.55. The topological polar surface area (TPSA) is 75.3 Å². The van der Waals surface area contributed by atoms with Crippen molar-refractivity contribution >= 4 is 15.9 Å². The lowest BCUT2D eigenvalue weighted by Crippen LogP contribution is -2.37. The van der Waals surface area contributed by atoms with E-state index in [4.69, 9.17) is 0 Å². The van der Waals surface area contributed by atoms with E-state index in [9.17, 15) is 17.6 Å². The van der Waals surface area contributed by atoms with Gasteiger partial charge in [0.05, 0.1) is 0 Å². The average molecular weight is 354 g/mol. The Kier molecular flexibility index (Phi) is 6.12. The highest BCUT2D eigenvalue weighted by Gasteiger charge is 2.23. The number of rotatable bonds is 6. The number of benzene rings is 1. The molecule has 1 amide bonds. The molecule has 5 nitrogen and oxygen atoms in total. The summed E-state index contributed by atoms with van der Waals surface area (Å²) < 4.78 is 40.2. The minimum atomic E-state index is -4.03. The van der Waals surface area contributed by atoms with Gasteiger partial charge in [0, 0.05) is 18.2 Å². The van der Waals surface area contributed by atoms with Crippen molar-refractivity contribution in [2.45, 2.75) is 43.5 Å². The van der Waals surface area contributed by atoms with Crippen molar-refractivity contribution in [3.8, 4) is 0 Å². The molecule has 1 aromatic rings. The fourth-order valence-corrected chi connectivity index (χ4v) is 3.87.